The zero-order valence-corrected chi connectivity index (χ0v) is 10.7. The molecular weight excluding hydrogens is 236 g/mol. The largest absolute Gasteiger partial charge is 0.470 e. The first kappa shape index (κ1) is 10.7. The van der Waals surface area contributed by atoms with Gasteiger partial charge in [-0.1, -0.05) is 30.3 Å². The molecule has 0 saturated carbocycles. The first-order chi connectivity index (χ1) is 9.31. The number of pyridine rings is 1. The Bertz CT molecular complexity index is 678. The van der Waals surface area contributed by atoms with E-state index in [4.69, 9.17) is 9.73 Å². The molecule has 19 heavy (non-hydrogen) atoms. The molecule has 94 valence electrons. The number of benzene rings is 1. The lowest BCUT2D eigenvalue weighted by atomic mass is 10.1. The number of hydrogen-bond donors (Lipinski definition) is 0. The van der Waals surface area contributed by atoms with Crippen molar-refractivity contribution in [2.24, 2.45) is 4.99 Å². The average Bonchev–Trinajstić information content (AvgIpc) is 2.96. The second-order valence-corrected chi connectivity index (χ2v) is 5.10. The van der Waals surface area contributed by atoms with E-state index in [2.05, 4.69) is 29.2 Å². The predicted molar refractivity (Wildman–Crippen MR) is 73.3 cm³/mol. The average molecular weight is 250 g/mol. The summed E-state index contributed by atoms with van der Waals surface area (Å²) in [6.07, 6.45) is 1.09. The molecule has 0 radical (unpaired) electrons. The molecule has 0 bridgehead atoms. The summed E-state index contributed by atoms with van der Waals surface area (Å²) >= 11 is 0. The highest BCUT2D eigenvalue weighted by atomic mass is 16.5. The van der Waals surface area contributed by atoms with Crippen molar-refractivity contribution in [3.8, 4) is 0 Å². The molecule has 2 aliphatic rings. The van der Waals surface area contributed by atoms with Gasteiger partial charge in [-0.2, -0.15) is 0 Å². The van der Waals surface area contributed by atoms with Gasteiger partial charge in [-0.05, 0) is 30.2 Å². The summed E-state index contributed by atoms with van der Waals surface area (Å²) < 4.78 is 6.00. The van der Waals surface area contributed by atoms with Gasteiger partial charge < -0.3 is 4.74 Å². The zero-order valence-electron chi connectivity index (χ0n) is 10.7. The number of aromatic nitrogens is 1. The number of rotatable bonds is 1. The van der Waals surface area contributed by atoms with Crippen molar-refractivity contribution < 1.29 is 4.74 Å². The Morgan fingerprint density at radius 1 is 1.11 bits per heavy atom. The monoisotopic (exact) mass is 250 g/mol. The SMILES string of the molecule is Cc1cccc(C2=N[C@@H]3c4ccccc4C[C@@H]3O2)n1. The quantitative estimate of drug-likeness (QED) is 0.780. The van der Waals surface area contributed by atoms with Gasteiger partial charge in [0, 0.05) is 12.1 Å². The molecule has 1 aliphatic heterocycles. The second kappa shape index (κ2) is 3.92. The van der Waals surface area contributed by atoms with Crippen LogP contribution in [0.3, 0.4) is 0 Å². The third kappa shape index (κ3) is 1.65. The van der Waals surface area contributed by atoms with Gasteiger partial charge in [0.2, 0.25) is 5.90 Å². The Hall–Kier alpha value is -2.16. The van der Waals surface area contributed by atoms with Gasteiger partial charge >= 0.3 is 0 Å². The van der Waals surface area contributed by atoms with Crippen molar-refractivity contribution in [1.29, 1.82) is 0 Å². The molecule has 0 fully saturated rings. The third-order valence-electron chi connectivity index (χ3n) is 3.77. The first-order valence-electron chi connectivity index (χ1n) is 6.57. The fourth-order valence-electron chi connectivity index (χ4n) is 2.88. The van der Waals surface area contributed by atoms with Gasteiger partial charge in [0.05, 0.1) is 0 Å². The highest BCUT2D eigenvalue weighted by Crippen LogP contribution is 2.40. The molecule has 1 aromatic heterocycles. The minimum atomic E-state index is 0.147. The lowest BCUT2D eigenvalue weighted by molar-refractivity contribution is 0.206. The minimum absolute atomic E-state index is 0.147. The van der Waals surface area contributed by atoms with Crippen molar-refractivity contribution >= 4 is 5.90 Å². The van der Waals surface area contributed by atoms with Gasteiger partial charge in [-0.15, -0.1) is 0 Å². The van der Waals surface area contributed by atoms with Crippen LogP contribution in [0.5, 0.6) is 0 Å². The van der Waals surface area contributed by atoms with Crippen LogP contribution < -0.4 is 0 Å². The molecule has 2 heterocycles. The fraction of sp³-hybridized carbons (Fsp3) is 0.250. The van der Waals surface area contributed by atoms with Crippen LogP contribution in [0, 0.1) is 6.92 Å². The Morgan fingerprint density at radius 2 is 2.00 bits per heavy atom. The van der Waals surface area contributed by atoms with Gasteiger partial charge in [0.15, 0.2) is 0 Å². The Labute approximate surface area is 112 Å². The molecule has 0 saturated heterocycles. The van der Waals surface area contributed by atoms with Gasteiger partial charge in [0.1, 0.15) is 17.8 Å². The molecule has 0 N–H and O–H groups in total. The maximum absolute atomic E-state index is 6.00. The van der Waals surface area contributed by atoms with E-state index < -0.39 is 0 Å². The van der Waals surface area contributed by atoms with Crippen molar-refractivity contribution in [2.45, 2.75) is 25.5 Å². The van der Waals surface area contributed by atoms with Crippen molar-refractivity contribution in [1.82, 2.24) is 4.98 Å². The maximum Gasteiger partial charge on any atom is 0.236 e. The fourth-order valence-corrected chi connectivity index (χ4v) is 2.88. The lowest BCUT2D eigenvalue weighted by Gasteiger charge is -2.08. The van der Waals surface area contributed by atoms with Crippen molar-refractivity contribution in [3.63, 3.8) is 0 Å². The summed E-state index contributed by atoms with van der Waals surface area (Å²) in [4.78, 5) is 9.22. The number of aliphatic imine (C=N–C) groups is 1. The summed E-state index contributed by atoms with van der Waals surface area (Å²) in [6.45, 7) is 1.98. The molecule has 2 atom stereocenters. The molecule has 4 rings (SSSR count). The second-order valence-electron chi connectivity index (χ2n) is 5.10. The third-order valence-corrected chi connectivity index (χ3v) is 3.77. The Morgan fingerprint density at radius 3 is 2.89 bits per heavy atom. The van der Waals surface area contributed by atoms with E-state index in [1.165, 1.54) is 11.1 Å². The number of fused-ring (bicyclic) bond motifs is 3. The molecule has 1 aromatic carbocycles. The summed E-state index contributed by atoms with van der Waals surface area (Å²) in [5, 5.41) is 0. The normalized spacial score (nSPS) is 23.5. The zero-order chi connectivity index (χ0) is 12.8. The smallest absolute Gasteiger partial charge is 0.236 e. The van der Waals surface area contributed by atoms with Crippen LogP contribution >= 0.6 is 0 Å². The van der Waals surface area contributed by atoms with Crippen LogP contribution in [0.15, 0.2) is 47.5 Å². The topological polar surface area (TPSA) is 34.5 Å². The van der Waals surface area contributed by atoms with E-state index in [1.807, 2.05) is 25.1 Å². The van der Waals surface area contributed by atoms with Crippen LogP contribution in [-0.2, 0) is 11.2 Å². The van der Waals surface area contributed by atoms with E-state index in [0.717, 1.165) is 17.8 Å². The maximum atomic E-state index is 6.00. The van der Waals surface area contributed by atoms with Crippen molar-refractivity contribution in [3.05, 3.63) is 65.0 Å². The Balaban J connectivity index is 1.73. The molecule has 0 unspecified atom stereocenters. The van der Waals surface area contributed by atoms with Crippen LogP contribution in [0.25, 0.3) is 0 Å². The molecule has 1 aliphatic carbocycles. The summed E-state index contributed by atoms with van der Waals surface area (Å²) in [5.74, 6) is 0.688. The van der Waals surface area contributed by atoms with Gasteiger partial charge in [-0.25, -0.2) is 9.98 Å². The number of aryl methyl sites for hydroxylation is 1. The highest BCUT2D eigenvalue weighted by Gasteiger charge is 2.39. The van der Waals surface area contributed by atoms with Crippen molar-refractivity contribution in [2.75, 3.05) is 0 Å². The molecule has 3 nitrogen and oxygen atoms in total. The highest BCUT2D eigenvalue weighted by molar-refractivity contribution is 5.93. The lowest BCUT2D eigenvalue weighted by Crippen LogP contribution is -2.14. The molecule has 0 amide bonds. The van der Waals surface area contributed by atoms with Crippen LogP contribution in [0.4, 0.5) is 0 Å². The van der Waals surface area contributed by atoms with E-state index >= 15 is 0 Å². The van der Waals surface area contributed by atoms with Gasteiger partial charge in [0.25, 0.3) is 0 Å². The predicted octanol–water partition coefficient (Wildman–Crippen LogP) is 2.83. The van der Waals surface area contributed by atoms with Gasteiger partial charge in [-0.3, -0.25) is 0 Å². The van der Waals surface area contributed by atoms with E-state index in [-0.39, 0.29) is 12.1 Å². The molecule has 2 aromatic rings. The van der Waals surface area contributed by atoms with E-state index in [9.17, 15) is 0 Å². The van der Waals surface area contributed by atoms with Crippen LogP contribution in [-0.4, -0.2) is 17.0 Å². The molecule has 0 spiro atoms. The van der Waals surface area contributed by atoms with Crippen LogP contribution in [0.1, 0.15) is 28.6 Å². The van der Waals surface area contributed by atoms with E-state index in [1.54, 1.807) is 0 Å². The number of hydrogen-bond acceptors (Lipinski definition) is 3. The Kier molecular flexibility index (Phi) is 2.21. The van der Waals surface area contributed by atoms with Crippen LogP contribution in [0.2, 0.25) is 0 Å². The summed E-state index contributed by atoms with van der Waals surface area (Å²) in [5.41, 5.74) is 4.49. The molecule has 3 heteroatoms. The first-order valence-corrected chi connectivity index (χ1v) is 6.57. The number of nitrogens with zero attached hydrogens (tertiary/aromatic N) is 2. The standard InChI is InChI=1S/C16H14N2O/c1-10-5-4-8-13(17-10)16-18-15-12-7-3-2-6-11(12)9-14(15)19-16/h2-8,14-15H,9H2,1H3/t14-,15+/m0/s1. The summed E-state index contributed by atoms with van der Waals surface area (Å²) in [7, 11) is 0. The molecular formula is C16H14N2O. The minimum Gasteiger partial charge on any atom is -0.470 e. The summed E-state index contributed by atoms with van der Waals surface area (Å²) in [6, 6.07) is 14.5. The number of ether oxygens (including phenoxy) is 1. The van der Waals surface area contributed by atoms with E-state index in [0.29, 0.717) is 5.90 Å².